The lowest BCUT2D eigenvalue weighted by Crippen LogP contribution is -2.42. The van der Waals surface area contributed by atoms with E-state index in [4.69, 9.17) is 4.74 Å². The predicted molar refractivity (Wildman–Crippen MR) is 93.5 cm³/mol. The highest BCUT2D eigenvalue weighted by atomic mass is 16.6. The molecule has 0 fully saturated rings. The van der Waals surface area contributed by atoms with Gasteiger partial charge in [0.05, 0.1) is 4.92 Å². The topological polar surface area (TPSA) is 89.7 Å². The molecule has 0 saturated heterocycles. The van der Waals surface area contributed by atoms with Crippen LogP contribution in [0.5, 0.6) is 0 Å². The SMILES string of the molecule is CC(OC(=O)c1ccccc1[N+](=O)[O-])C(=O)N1CCc2ccccc2C1. The van der Waals surface area contributed by atoms with E-state index >= 15 is 0 Å². The van der Waals surface area contributed by atoms with Gasteiger partial charge in [-0.3, -0.25) is 14.9 Å². The first kappa shape index (κ1) is 17.6. The summed E-state index contributed by atoms with van der Waals surface area (Å²) in [5.41, 5.74) is 1.77. The molecule has 7 heteroatoms. The smallest absolute Gasteiger partial charge is 0.345 e. The van der Waals surface area contributed by atoms with Gasteiger partial charge in [-0.15, -0.1) is 0 Å². The number of fused-ring (bicyclic) bond motifs is 1. The summed E-state index contributed by atoms with van der Waals surface area (Å²) >= 11 is 0. The minimum atomic E-state index is -1.02. The molecule has 0 saturated carbocycles. The molecule has 1 heterocycles. The van der Waals surface area contributed by atoms with Gasteiger partial charge in [0, 0.05) is 19.2 Å². The second-order valence-corrected chi connectivity index (χ2v) is 6.10. The van der Waals surface area contributed by atoms with Crippen molar-refractivity contribution in [1.29, 1.82) is 0 Å². The molecule has 2 aromatic carbocycles. The molecule has 0 aromatic heterocycles. The largest absolute Gasteiger partial charge is 0.449 e. The van der Waals surface area contributed by atoms with Crippen LogP contribution in [0.3, 0.4) is 0 Å². The Balaban J connectivity index is 1.69. The maximum atomic E-state index is 12.6. The molecule has 0 radical (unpaired) electrons. The van der Waals surface area contributed by atoms with E-state index in [1.165, 1.54) is 36.8 Å². The number of esters is 1. The zero-order valence-corrected chi connectivity index (χ0v) is 14.3. The second-order valence-electron chi connectivity index (χ2n) is 6.10. The van der Waals surface area contributed by atoms with Gasteiger partial charge in [0.2, 0.25) is 0 Å². The van der Waals surface area contributed by atoms with Crippen molar-refractivity contribution >= 4 is 17.6 Å². The van der Waals surface area contributed by atoms with Crippen LogP contribution in [0.15, 0.2) is 48.5 Å². The number of nitrogens with zero attached hydrogens (tertiary/aromatic N) is 2. The fourth-order valence-electron chi connectivity index (χ4n) is 3.02. The summed E-state index contributed by atoms with van der Waals surface area (Å²) in [6.45, 7) is 2.49. The molecule has 1 atom stereocenters. The summed E-state index contributed by atoms with van der Waals surface area (Å²) in [4.78, 5) is 36.9. The van der Waals surface area contributed by atoms with Gasteiger partial charge in [-0.1, -0.05) is 36.4 Å². The number of benzene rings is 2. The van der Waals surface area contributed by atoms with Crippen LogP contribution in [0.1, 0.15) is 28.4 Å². The fourth-order valence-corrected chi connectivity index (χ4v) is 3.02. The minimum absolute atomic E-state index is 0.166. The number of rotatable bonds is 4. The molecule has 0 N–H and O–H groups in total. The number of nitro benzene ring substituents is 1. The molecule has 26 heavy (non-hydrogen) atoms. The number of para-hydroxylation sites is 1. The van der Waals surface area contributed by atoms with Crippen molar-refractivity contribution in [2.24, 2.45) is 0 Å². The third-order valence-electron chi connectivity index (χ3n) is 4.39. The van der Waals surface area contributed by atoms with Crippen molar-refractivity contribution in [2.45, 2.75) is 26.0 Å². The maximum absolute atomic E-state index is 12.6. The van der Waals surface area contributed by atoms with Crippen LogP contribution in [0.25, 0.3) is 0 Å². The lowest BCUT2D eigenvalue weighted by atomic mass is 9.99. The van der Waals surface area contributed by atoms with Crippen LogP contribution in [0, 0.1) is 10.1 Å². The average molecular weight is 354 g/mol. The van der Waals surface area contributed by atoms with Crippen LogP contribution < -0.4 is 0 Å². The monoisotopic (exact) mass is 354 g/mol. The van der Waals surface area contributed by atoms with Crippen molar-refractivity contribution in [3.05, 3.63) is 75.3 Å². The van der Waals surface area contributed by atoms with E-state index in [1.54, 1.807) is 4.90 Å². The van der Waals surface area contributed by atoms with Gasteiger partial charge < -0.3 is 9.64 Å². The van der Waals surface area contributed by atoms with Crippen LogP contribution in [0.2, 0.25) is 0 Å². The summed E-state index contributed by atoms with van der Waals surface area (Å²) in [5.74, 6) is -1.19. The lowest BCUT2D eigenvalue weighted by molar-refractivity contribution is -0.385. The van der Waals surface area contributed by atoms with E-state index in [2.05, 4.69) is 0 Å². The highest BCUT2D eigenvalue weighted by molar-refractivity contribution is 5.95. The molecule has 1 aliphatic rings. The zero-order valence-electron chi connectivity index (χ0n) is 14.3. The number of carbonyl (C=O) groups is 2. The van der Waals surface area contributed by atoms with Gasteiger partial charge in [-0.05, 0) is 30.5 Å². The summed E-state index contributed by atoms with van der Waals surface area (Å²) in [5, 5.41) is 11.0. The molecule has 0 aliphatic carbocycles. The van der Waals surface area contributed by atoms with Gasteiger partial charge >= 0.3 is 5.97 Å². The van der Waals surface area contributed by atoms with E-state index in [1.807, 2.05) is 24.3 Å². The van der Waals surface area contributed by atoms with Crippen molar-refractivity contribution < 1.29 is 19.2 Å². The Hall–Kier alpha value is -3.22. The Kier molecular flexibility index (Phi) is 4.97. The molecule has 3 rings (SSSR count). The highest BCUT2D eigenvalue weighted by Gasteiger charge is 2.29. The minimum Gasteiger partial charge on any atom is -0.449 e. The van der Waals surface area contributed by atoms with Crippen LogP contribution in [-0.2, 0) is 22.5 Å². The second kappa shape index (κ2) is 7.35. The van der Waals surface area contributed by atoms with Crippen LogP contribution >= 0.6 is 0 Å². The molecule has 1 amide bonds. The van der Waals surface area contributed by atoms with E-state index in [0.717, 1.165) is 12.0 Å². The fraction of sp³-hybridized carbons (Fsp3) is 0.263. The number of amides is 1. The molecular formula is C19H18N2O5. The third-order valence-corrected chi connectivity index (χ3v) is 4.39. The predicted octanol–water partition coefficient (Wildman–Crippen LogP) is 2.73. The van der Waals surface area contributed by atoms with Gasteiger partial charge in [-0.2, -0.15) is 0 Å². The standard InChI is InChI=1S/C19H18N2O5/c1-13(26-19(23)16-8-4-5-9-17(16)21(24)25)18(22)20-11-10-14-6-2-3-7-15(14)12-20/h2-9,13H,10-12H2,1H3. The highest BCUT2D eigenvalue weighted by Crippen LogP contribution is 2.21. The Morgan fingerprint density at radius 3 is 2.50 bits per heavy atom. The summed E-state index contributed by atoms with van der Waals surface area (Å²) in [7, 11) is 0. The van der Waals surface area contributed by atoms with E-state index in [-0.39, 0.29) is 17.2 Å². The Morgan fingerprint density at radius 1 is 1.12 bits per heavy atom. The van der Waals surface area contributed by atoms with Gasteiger partial charge in [-0.25, -0.2) is 4.79 Å². The van der Waals surface area contributed by atoms with Gasteiger partial charge in [0.25, 0.3) is 11.6 Å². The molecule has 2 aromatic rings. The van der Waals surface area contributed by atoms with E-state index < -0.39 is 17.0 Å². The van der Waals surface area contributed by atoms with Gasteiger partial charge in [0.1, 0.15) is 5.56 Å². The van der Waals surface area contributed by atoms with Gasteiger partial charge in [0.15, 0.2) is 6.10 Å². The molecule has 0 bridgehead atoms. The number of hydrogen-bond donors (Lipinski definition) is 0. The molecule has 1 aliphatic heterocycles. The Labute approximate surface area is 150 Å². The summed E-state index contributed by atoms with van der Waals surface area (Å²) in [6, 6.07) is 13.4. The van der Waals surface area contributed by atoms with Crippen LogP contribution in [-0.4, -0.2) is 34.3 Å². The summed E-state index contributed by atoms with van der Waals surface area (Å²) in [6.07, 6.45) is -0.278. The van der Waals surface area contributed by atoms with Crippen molar-refractivity contribution in [3.8, 4) is 0 Å². The molecular weight excluding hydrogens is 336 g/mol. The quantitative estimate of drug-likeness (QED) is 0.478. The number of nitro groups is 1. The van der Waals surface area contributed by atoms with Crippen molar-refractivity contribution in [2.75, 3.05) is 6.54 Å². The van der Waals surface area contributed by atoms with Crippen molar-refractivity contribution in [1.82, 2.24) is 4.90 Å². The van der Waals surface area contributed by atoms with E-state index in [0.29, 0.717) is 13.1 Å². The molecule has 134 valence electrons. The number of ether oxygens (including phenoxy) is 1. The Bertz CT molecular complexity index is 865. The first-order chi connectivity index (χ1) is 12.5. The molecule has 7 nitrogen and oxygen atoms in total. The normalized spacial score (nSPS) is 14.3. The van der Waals surface area contributed by atoms with Crippen LogP contribution in [0.4, 0.5) is 5.69 Å². The average Bonchev–Trinajstić information content (AvgIpc) is 2.66. The lowest BCUT2D eigenvalue weighted by Gasteiger charge is -2.30. The third kappa shape index (κ3) is 3.56. The zero-order chi connectivity index (χ0) is 18.7. The number of hydrogen-bond acceptors (Lipinski definition) is 5. The Morgan fingerprint density at radius 2 is 1.77 bits per heavy atom. The van der Waals surface area contributed by atoms with Crippen molar-refractivity contribution in [3.63, 3.8) is 0 Å². The number of carbonyl (C=O) groups excluding carboxylic acids is 2. The first-order valence-corrected chi connectivity index (χ1v) is 8.27. The molecule has 1 unspecified atom stereocenters. The first-order valence-electron chi connectivity index (χ1n) is 8.27. The maximum Gasteiger partial charge on any atom is 0.345 e. The van der Waals surface area contributed by atoms with E-state index in [9.17, 15) is 19.7 Å². The summed E-state index contributed by atoms with van der Waals surface area (Å²) < 4.78 is 5.20. The molecule has 0 spiro atoms.